The molecule has 0 N–H and O–H groups in total. The number of nitriles is 1. The molecule has 2 heterocycles. The number of carbonyl (C=O) groups excluding carboxylic acids is 1. The van der Waals surface area contributed by atoms with Gasteiger partial charge in [-0.15, -0.1) is 0 Å². The first-order valence-electron chi connectivity index (χ1n) is 20.8. The minimum Gasteiger partial charge on any atom is -0.546 e. The van der Waals surface area contributed by atoms with Gasteiger partial charge in [0.15, 0.2) is 0 Å². The Labute approximate surface area is 327 Å². The highest BCUT2D eigenvalue weighted by molar-refractivity contribution is 6.99. The second-order valence-corrected chi connectivity index (χ2v) is 26.1. The summed E-state index contributed by atoms with van der Waals surface area (Å²) in [5.74, 6) is -0.636. The van der Waals surface area contributed by atoms with Gasteiger partial charge < -0.3 is 18.3 Å². The van der Waals surface area contributed by atoms with Gasteiger partial charge in [0, 0.05) is 12.2 Å². The van der Waals surface area contributed by atoms with Gasteiger partial charge in [0.25, 0.3) is 8.32 Å². The molecule has 0 aromatic heterocycles. The molecule has 4 aliphatic rings. The molecule has 0 radical (unpaired) electrons. The van der Waals surface area contributed by atoms with Gasteiger partial charge in [-0.25, -0.2) is 0 Å². The Bertz CT molecular complexity index is 1690. The Morgan fingerprint density at radius 1 is 0.963 bits per heavy atom. The Hall–Kier alpha value is -3.23. The van der Waals surface area contributed by atoms with Gasteiger partial charge in [-0.1, -0.05) is 133 Å². The second-order valence-electron chi connectivity index (χ2n) is 17.1. The smallest absolute Gasteiger partial charge is 0.319 e. The number of benzene rings is 2. The van der Waals surface area contributed by atoms with Gasteiger partial charge in [0.2, 0.25) is 14.1 Å². The molecule has 0 amide bonds. The fraction of sp³-hybridized carbons (Fsp3) is 0.565. The van der Waals surface area contributed by atoms with Crippen LogP contribution < -0.4 is 10.4 Å². The lowest BCUT2D eigenvalue weighted by Crippen LogP contribution is -2.66. The van der Waals surface area contributed by atoms with Crippen molar-refractivity contribution < 1.29 is 23.1 Å². The Balaban J connectivity index is 1.44. The van der Waals surface area contributed by atoms with E-state index in [4.69, 9.17) is 18.3 Å². The predicted octanol–water partition coefficient (Wildman–Crippen LogP) is 10.1. The molecule has 2 aliphatic carbocycles. The number of rotatable bonds is 17. The van der Waals surface area contributed by atoms with Gasteiger partial charge in [-0.3, -0.25) is 4.79 Å². The normalized spacial score (nSPS) is 27.9. The highest BCUT2D eigenvalue weighted by Gasteiger charge is 2.72. The maximum Gasteiger partial charge on any atom is 0.319 e. The fourth-order valence-electron chi connectivity index (χ4n) is 10.2. The number of esters is 1. The molecule has 0 saturated carbocycles. The molecule has 2 aromatic carbocycles. The van der Waals surface area contributed by atoms with Crippen molar-refractivity contribution in [3.63, 3.8) is 0 Å². The number of allylic oxidation sites excluding steroid dienone is 4. The van der Waals surface area contributed by atoms with Crippen molar-refractivity contribution in [2.75, 3.05) is 6.61 Å². The number of hydrogen-bond acceptors (Lipinski definition) is 6. The molecule has 6 atom stereocenters. The third kappa shape index (κ3) is 7.04. The van der Waals surface area contributed by atoms with Crippen molar-refractivity contribution in [2.24, 2.45) is 23.2 Å². The van der Waals surface area contributed by atoms with Gasteiger partial charge in [-0.05, 0) is 96.9 Å². The molecule has 6 rings (SSSR count). The van der Waals surface area contributed by atoms with Crippen LogP contribution in [0.2, 0.25) is 23.2 Å². The monoisotopic (exact) mass is 765 g/mol. The minimum atomic E-state index is -2.87. The van der Waals surface area contributed by atoms with Crippen molar-refractivity contribution in [3.05, 3.63) is 96.3 Å². The van der Waals surface area contributed by atoms with Gasteiger partial charge in [0.1, 0.15) is 11.5 Å². The summed E-state index contributed by atoms with van der Waals surface area (Å²) in [7, 11) is -4.98. The molecule has 54 heavy (non-hydrogen) atoms. The van der Waals surface area contributed by atoms with Crippen LogP contribution in [0.5, 0.6) is 0 Å². The molecule has 6 nitrogen and oxygen atoms in total. The van der Waals surface area contributed by atoms with E-state index in [1.165, 1.54) is 10.4 Å². The zero-order chi connectivity index (χ0) is 38.6. The van der Waals surface area contributed by atoms with Crippen molar-refractivity contribution in [3.8, 4) is 6.07 Å². The van der Waals surface area contributed by atoms with Crippen LogP contribution in [0, 0.1) is 34.5 Å². The minimum absolute atomic E-state index is 0.0845. The third-order valence-corrected chi connectivity index (χ3v) is 23.0. The van der Waals surface area contributed by atoms with E-state index in [9.17, 15) is 10.1 Å². The van der Waals surface area contributed by atoms with Crippen molar-refractivity contribution in [1.82, 2.24) is 0 Å². The topological polar surface area (TPSA) is 77.8 Å². The van der Waals surface area contributed by atoms with Crippen LogP contribution in [0.25, 0.3) is 0 Å². The van der Waals surface area contributed by atoms with Crippen LogP contribution in [0.3, 0.4) is 0 Å². The van der Waals surface area contributed by atoms with Gasteiger partial charge in [0.05, 0.1) is 17.7 Å². The van der Waals surface area contributed by atoms with E-state index in [-0.39, 0.29) is 28.8 Å². The van der Waals surface area contributed by atoms with Crippen LogP contribution in [0.15, 0.2) is 96.3 Å². The van der Waals surface area contributed by atoms with E-state index in [0.29, 0.717) is 25.9 Å². The molecule has 1 spiro atoms. The Kier molecular flexibility index (Phi) is 12.3. The van der Waals surface area contributed by atoms with E-state index < -0.39 is 33.9 Å². The largest absolute Gasteiger partial charge is 0.546 e. The molecular formula is C46H63NO5Si2. The first-order valence-corrected chi connectivity index (χ1v) is 25.2. The number of ether oxygens (including phenoxy) is 2. The number of hydrogen-bond donors (Lipinski definition) is 0. The average Bonchev–Trinajstić information content (AvgIpc) is 3.36. The molecule has 2 fully saturated rings. The van der Waals surface area contributed by atoms with E-state index in [0.717, 1.165) is 61.6 Å². The van der Waals surface area contributed by atoms with Crippen LogP contribution >= 0.6 is 0 Å². The quantitative estimate of drug-likeness (QED) is 0.0691. The Morgan fingerprint density at radius 2 is 1.61 bits per heavy atom. The highest BCUT2D eigenvalue weighted by atomic mass is 28.4. The summed E-state index contributed by atoms with van der Waals surface area (Å²) in [5, 5.41) is 12.6. The van der Waals surface area contributed by atoms with E-state index in [1.807, 2.05) is 0 Å². The lowest BCUT2D eigenvalue weighted by molar-refractivity contribution is -0.267. The molecule has 290 valence electrons. The highest BCUT2D eigenvalue weighted by Crippen LogP contribution is 2.66. The first kappa shape index (κ1) is 40.4. The molecule has 2 saturated heterocycles. The van der Waals surface area contributed by atoms with Crippen LogP contribution in [-0.4, -0.2) is 41.1 Å². The Morgan fingerprint density at radius 3 is 2.19 bits per heavy atom. The predicted molar refractivity (Wildman–Crippen MR) is 222 cm³/mol. The molecule has 2 aromatic rings. The molecular weight excluding hydrogens is 703 g/mol. The van der Waals surface area contributed by atoms with Crippen LogP contribution in [-0.2, 0) is 23.1 Å². The molecule has 8 heteroatoms. The van der Waals surface area contributed by atoms with E-state index in [2.05, 4.69) is 140 Å². The summed E-state index contributed by atoms with van der Waals surface area (Å²) in [6.07, 6.45) is 15.4. The molecule has 2 aliphatic heterocycles. The maximum absolute atomic E-state index is 14.7. The fourth-order valence-corrected chi connectivity index (χ4v) is 17.4. The summed E-state index contributed by atoms with van der Waals surface area (Å²) in [6, 6.07) is 26.9. The number of nitrogens with zero attached hydrogens (tertiary/aromatic N) is 1. The first-order chi connectivity index (χ1) is 26.0. The average molecular weight is 766 g/mol. The summed E-state index contributed by atoms with van der Waals surface area (Å²) >= 11 is 0. The lowest BCUT2D eigenvalue weighted by Gasteiger charge is -2.52. The standard InChI is InChI=1S/C46H63NO5Si2/c1-8-12-13-14-15-18-23-35-32-41-45(30-31-49-54(44(5,6)7,37-24-19-16-20-25-37)38-26-21-17-22-27-38)29-28-40(52-53(9-2,10-3)11-4)42-39(35)33-36(34-47)50-46(41,42)51-43(45)48/h8,12,16-17,19-22,24-28,32,35-36,39,42H,9-11,13-15,18,23,29-31,33H2,1-7H3/b12-8+/t35-,36-,39+,42+,45-,46+/m0/s1. The van der Waals surface area contributed by atoms with Gasteiger partial charge >= 0.3 is 5.97 Å². The van der Waals surface area contributed by atoms with Crippen molar-refractivity contribution in [2.45, 2.75) is 135 Å². The van der Waals surface area contributed by atoms with E-state index in [1.54, 1.807) is 0 Å². The summed E-state index contributed by atoms with van der Waals surface area (Å²) in [5.41, 5.74) is -0.0615. The molecule has 0 unspecified atom stereocenters. The summed E-state index contributed by atoms with van der Waals surface area (Å²) in [4.78, 5) is 14.7. The molecule has 5 bridgehead atoms. The summed E-state index contributed by atoms with van der Waals surface area (Å²) in [6.45, 7) is 16.1. The van der Waals surface area contributed by atoms with Crippen molar-refractivity contribution in [1.29, 1.82) is 5.26 Å². The lowest BCUT2D eigenvalue weighted by atomic mass is 9.61. The van der Waals surface area contributed by atoms with Gasteiger partial charge in [-0.2, -0.15) is 5.26 Å². The SMILES string of the molecule is C/C=C/CCCCC[C@H]1C=C2[C@@]3(CCO[Si](c4ccccc4)(c4ccccc4)C(C)(C)C)CC=C(O[Si](CC)(CC)CC)[C@H]4[C@@H]1C[C@@H](C#N)O[C@@]24OC3=O. The zero-order valence-corrected chi connectivity index (χ0v) is 35.9. The zero-order valence-electron chi connectivity index (χ0n) is 33.9. The third-order valence-electron chi connectivity index (χ3n) is 13.4. The van der Waals surface area contributed by atoms with Crippen LogP contribution in [0.4, 0.5) is 0 Å². The summed E-state index contributed by atoms with van der Waals surface area (Å²) < 4.78 is 28.3. The van der Waals surface area contributed by atoms with Crippen LogP contribution in [0.1, 0.15) is 99.8 Å². The second kappa shape index (κ2) is 16.5. The number of unbranched alkanes of at least 4 members (excludes halogenated alkanes) is 3. The van der Waals surface area contributed by atoms with E-state index >= 15 is 0 Å². The number of carbonyl (C=O) groups is 1. The van der Waals surface area contributed by atoms with Crippen molar-refractivity contribution >= 4 is 33.0 Å². The maximum atomic E-state index is 14.7.